The van der Waals surface area contributed by atoms with Crippen molar-refractivity contribution in [3.05, 3.63) is 52.1 Å². The number of nitrogens with one attached hydrogen (secondary N) is 1. The minimum Gasteiger partial charge on any atom is -0.481 e. The van der Waals surface area contributed by atoms with Crippen LogP contribution in [0.3, 0.4) is 0 Å². The Balaban J connectivity index is 1.73. The van der Waals surface area contributed by atoms with E-state index in [0.29, 0.717) is 0 Å². The Labute approximate surface area is 197 Å². The van der Waals surface area contributed by atoms with Gasteiger partial charge in [0.25, 0.3) is 17.4 Å². The fraction of sp³-hybridized carbons (Fsp3) is 0.211. The molecule has 3 rings (SSSR count). The molecule has 0 fully saturated rings. The summed E-state index contributed by atoms with van der Waals surface area (Å²) in [5.74, 6) is -5.55. The fourth-order valence-electron chi connectivity index (χ4n) is 2.96. The van der Waals surface area contributed by atoms with Crippen LogP contribution < -0.4 is 16.0 Å². The number of aromatic nitrogens is 4. The Morgan fingerprint density at radius 1 is 1.03 bits per heavy atom. The zero-order valence-electron chi connectivity index (χ0n) is 17.8. The van der Waals surface area contributed by atoms with Crippen molar-refractivity contribution >= 4 is 40.6 Å². The van der Waals surface area contributed by atoms with Gasteiger partial charge >= 0.3 is 11.9 Å². The number of anilines is 2. The van der Waals surface area contributed by atoms with Gasteiger partial charge in [-0.05, 0) is 36.0 Å². The molecule has 0 aliphatic rings. The average Bonchev–Trinajstić information content (AvgIpc) is 2.83. The second kappa shape index (κ2) is 10.6. The number of hydrogen-bond acceptors (Lipinski definition) is 9. The van der Waals surface area contributed by atoms with E-state index in [0.717, 1.165) is 30.5 Å². The van der Waals surface area contributed by atoms with Crippen molar-refractivity contribution in [1.29, 1.82) is 0 Å². The number of halogens is 4. The molecule has 2 heterocycles. The number of carbonyl (C=O) groups is 3. The molecule has 3 N–H and O–H groups in total. The standard InChI is InChI=1S/C19H15F4N7O6/c20-28(8-10-7-24-15-14(25-10)16(33)27-19(26-15)30(22)23)11-3-1-9(2-4-11)17(34)29(21)12(18(35)36)5-6-13(31)32/h1-4,7,12H,5-6,8H2,(H,31,32)(H,35,36)(H,24,26,27,33)/t12-/m0/s1. The SMILES string of the molecule is O=C(O)CC[C@@H](C(=O)O)N(F)C(=O)c1ccc(N(F)Cc2cnc3nc(N(F)F)[nH]c(=O)c3n2)cc1. The number of rotatable bonds is 10. The molecule has 0 bridgehead atoms. The van der Waals surface area contributed by atoms with Gasteiger partial charge in [-0.3, -0.25) is 19.4 Å². The van der Waals surface area contributed by atoms with Gasteiger partial charge in [0, 0.05) is 12.0 Å². The van der Waals surface area contributed by atoms with Crippen molar-refractivity contribution < 1.29 is 42.5 Å². The minimum absolute atomic E-state index is 0.0831. The number of aromatic amines is 1. The topological polar surface area (TPSA) is 173 Å². The molecule has 13 nitrogen and oxygen atoms in total. The van der Waals surface area contributed by atoms with Crippen LogP contribution in [0.15, 0.2) is 35.3 Å². The van der Waals surface area contributed by atoms with Crippen molar-refractivity contribution in [3.8, 4) is 0 Å². The van der Waals surface area contributed by atoms with Crippen molar-refractivity contribution in [3.63, 3.8) is 0 Å². The molecule has 1 atom stereocenters. The van der Waals surface area contributed by atoms with Gasteiger partial charge in [-0.2, -0.15) is 10.1 Å². The van der Waals surface area contributed by atoms with Crippen LogP contribution in [0, 0.1) is 0 Å². The highest BCUT2D eigenvalue weighted by Gasteiger charge is 2.31. The summed E-state index contributed by atoms with van der Waals surface area (Å²) in [6.07, 6.45) is -0.352. The fourth-order valence-corrected chi connectivity index (χ4v) is 2.96. The number of benzene rings is 1. The second-order valence-corrected chi connectivity index (χ2v) is 7.13. The van der Waals surface area contributed by atoms with Gasteiger partial charge in [-0.1, -0.05) is 17.9 Å². The highest BCUT2D eigenvalue weighted by molar-refractivity contribution is 5.96. The van der Waals surface area contributed by atoms with E-state index in [1.807, 2.05) is 0 Å². The van der Waals surface area contributed by atoms with Crippen LogP contribution in [0.5, 0.6) is 0 Å². The number of carbonyl (C=O) groups excluding carboxylic acids is 1. The van der Waals surface area contributed by atoms with Crippen molar-refractivity contribution in [2.75, 3.05) is 10.5 Å². The van der Waals surface area contributed by atoms with E-state index in [2.05, 4.69) is 15.0 Å². The van der Waals surface area contributed by atoms with Gasteiger partial charge in [-0.25, -0.2) is 19.9 Å². The molecule has 0 spiro atoms. The molecule has 1 amide bonds. The van der Waals surface area contributed by atoms with Gasteiger partial charge < -0.3 is 10.2 Å². The van der Waals surface area contributed by atoms with Gasteiger partial charge in [0.1, 0.15) is 0 Å². The van der Waals surface area contributed by atoms with Crippen molar-refractivity contribution in [1.82, 2.24) is 25.1 Å². The maximum absolute atomic E-state index is 14.6. The van der Waals surface area contributed by atoms with Crippen LogP contribution >= 0.6 is 0 Å². The molecule has 1 aromatic carbocycles. The van der Waals surface area contributed by atoms with Gasteiger partial charge in [-0.15, -0.1) is 0 Å². The normalized spacial score (nSPS) is 11.7. The largest absolute Gasteiger partial charge is 0.481 e. The highest BCUT2D eigenvalue weighted by atomic mass is 19.4. The van der Waals surface area contributed by atoms with Crippen LogP contribution in [0.2, 0.25) is 0 Å². The number of H-pyrrole nitrogens is 1. The number of carboxylic acid groups (broad SMARTS) is 2. The molecule has 3 aromatic rings. The summed E-state index contributed by atoms with van der Waals surface area (Å²) in [6.45, 7) is -0.568. The summed E-state index contributed by atoms with van der Waals surface area (Å²) in [5.41, 5.74) is -2.41. The number of carboxylic acids is 2. The molecule has 0 aliphatic carbocycles. The zero-order chi connectivity index (χ0) is 26.6. The van der Waals surface area contributed by atoms with Crippen LogP contribution in [-0.4, -0.2) is 59.2 Å². The van der Waals surface area contributed by atoms with E-state index in [1.165, 1.54) is 0 Å². The van der Waals surface area contributed by atoms with E-state index < -0.39 is 76.4 Å². The molecular weight excluding hydrogens is 498 g/mol. The van der Waals surface area contributed by atoms with Crippen LogP contribution in [0.25, 0.3) is 11.2 Å². The minimum atomic E-state index is -2.04. The first-order chi connectivity index (χ1) is 17.0. The van der Waals surface area contributed by atoms with E-state index in [1.54, 1.807) is 4.98 Å². The third-order valence-electron chi connectivity index (χ3n) is 4.69. The molecule has 0 saturated carbocycles. The Hall–Kier alpha value is -4.83. The quantitative estimate of drug-likeness (QED) is 0.267. The third-order valence-corrected chi connectivity index (χ3v) is 4.69. The number of hydrogen-bond donors (Lipinski definition) is 3. The van der Waals surface area contributed by atoms with Gasteiger partial charge in [0.05, 0.1) is 24.1 Å². The number of aliphatic carboxylic acids is 2. The van der Waals surface area contributed by atoms with Gasteiger partial charge in [0.15, 0.2) is 17.2 Å². The molecule has 190 valence electrons. The monoisotopic (exact) mass is 513 g/mol. The maximum Gasteiger partial charge on any atom is 0.329 e. The average molecular weight is 513 g/mol. The second-order valence-electron chi connectivity index (χ2n) is 7.13. The van der Waals surface area contributed by atoms with Crippen molar-refractivity contribution in [2.45, 2.75) is 25.4 Å². The Morgan fingerprint density at radius 3 is 2.28 bits per heavy atom. The first-order valence-electron chi connectivity index (χ1n) is 9.83. The summed E-state index contributed by atoms with van der Waals surface area (Å²) in [6, 6.07) is 2.12. The Morgan fingerprint density at radius 2 is 1.69 bits per heavy atom. The molecule has 2 aromatic heterocycles. The lowest BCUT2D eigenvalue weighted by Crippen LogP contribution is -2.40. The van der Waals surface area contributed by atoms with Crippen LogP contribution in [0.4, 0.5) is 29.6 Å². The molecule has 0 unspecified atom stereocenters. The third kappa shape index (κ3) is 5.80. The summed E-state index contributed by atoms with van der Waals surface area (Å²) in [4.78, 5) is 58.8. The van der Waals surface area contributed by atoms with E-state index in [9.17, 15) is 37.1 Å². The lowest BCUT2D eigenvalue weighted by atomic mass is 10.1. The highest BCUT2D eigenvalue weighted by Crippen LogP contribution is 2.21. The summed E-state index contributed by atoms with van der Waals surface area (Å²) in [7, 11) is 0. The number of nitrogens with zero attached hydrogens (tertiary/aromatic N) is 6. The predicted molar refractivity (Wildman–Crippen MR) is 112 cm³/mol. The number of amides is 1. The number of fused-ring (bicyclic) bond motifs is 1. The van der Waals surface area contributed by atoms with Crippen LogP contribution in [-0.2, 0) is 16.1 Å². The lowest BCUT2D eigenvalue weighted by molar-refractivity contribution is -0.149. The first kappa shape index (κ1) is 25.8. The van der Waals surface area contributed by atoms with Crippen LogP contribution in [0.1, 0.15) is 28.9 Å². The Bertz CT molecular complexity index is 1350. The Kier molecular flexibility index (Phi) is 7.61. The smallest absolute Gasteiger partial charge is 0.329 e. The molecular formula is C19H15F4N7O6. The molecule has 0 radical (unpaired) electrons. The van der Waals surface area contributed by atoms with E-state index in [-0.39, 0.29) is 22.1 Å². The molecule has 36 heavy (non-hydrogen) atoms. The molecule has 17 heteroatoms. The van der Waals surface area contributed by atoms with E-state index >= 15 is 0 Å². The first-order valence-corrected chi connectivity index (χ1v) is 9.83. The summed E-state index contributed by atoms with van der Waals surface area (Å²) in [5, 5.41) is 15.8. The van der Waals surface area contributed by atoms with E-state index in [4.69, 9.17) is 10.2 Å². The molecule has 0 aliphatic heterocycles. The lowest BCUT2D eigenvalue weighted by Gasteiger charge is -2.20. The van der Waals surface area contributed by atoms with Crippen molar-refractivity contribution in [2.24, 2.45) is 0 Å². The molecule has 0 saturated heterocycles. The maximum atomic E-state index is 14.6. The zero-order valence-corrected chi connectivity index (χ0v) is 17.8. The summed E-state index contributed by atoms with van der Waals surface area (Å²) >= 11 is 0. The van der Waals surface area contributed by atoms with Gasteiger partial charge in [0.2, 0.25) is 0 Å². The summed E-state index contributed by atoms with van der Waals surface area (Å²) < 4.78 is 54.2. The predicted octanol–water partition coefficient (Wildman–Crippen LogP) is 1.82.